The van der Waals surface area contributed by atoms with Gasteiger partial charge in [0.2, 0.25) is 0 Å². The van der Waals surface area contributed by atoms with Gasteiger partial charge in [-0.1, -0.05) is 44.2 Å². The van der Waals surface area contributed by atoms with E-state index in [-0.39, 0.29) is 13.0 Å². The minimum atomic E-state index is -6.08. The normalized spacial score (nSPS) is 16.7. The maximum Gasteiger partial charge on any atom is 0.425 e. The predicted molar refractivity (Wildman–Crippen MR) is 115 cm³/mol. The van der Waals surface area contributed by atoms with Crippen molar-refractivity contribution in [3.63, 3.8) is 0 Å². The number of hydrogen-bond donors (Lipinski definition) is 2. The zero-order chi connectivity index (χ0) is 26.1. The smallest absolute Gasteiger partial charge is 0.384 e. The molecule has 0 unspecified atom stereocenters. The highest BCUT2D eigenvalue weighted by Crippen LogP contribution is 2.52. The summed E-state index contributed by atoms with van der Waals surface area (Å²) in [5.41, 5.74) is -7.78. The van der Waals surface area contributed by atoms with E-state index in [9.17, 15) is 35.9 Å². The Morgan fingerprint density at radius 1 is 0.943 bits per heavy atom. The monoisotopic (exact) mass is 499 g/mol. The maximum absolute atomic E-state index is 14.5. The molecule has 0 atom stereocenters. The van der Waals surface area contributed by atoms with E-state index in [2.05, 4.69) is 10.3 Å². The van der Waals surface area contributed by atoms with Crippen LogP contribution in [0.2, 0.25) is 0 Å². The fourth-order valence-corrected chi connectivity index (χ4v) is 4.11. The SMILES string of the molecule is CC1(C)CC(=O)C(C(NC(=O)c2ccncc2)(C(F)(F)F)C(F)(F)F)=C(NCc2ccccc2)C1. The molecule has 0 radical (unpaired) electrons. The van der Waals surface area contributed by atoms with Gasteiger partial charge in [-0.3, -0.25) is 14.6 Å². The second kappa shape index (κ2) is 9.35. The number of hydrogen-bond acceptors (Lipinski definition) is 4. The van der Waals surface area contributed by atoms with Crippen molar-refractivity contribution in [2.75, 3.05) is 0 Å². The molecule has 2 aromatic rings. The number of carbonyl (C=O) groups is 2. The number of Topliss-reactive ketones (excluding diaryl/α,β-unsaturated/α-hetero) is 1. The highest BCUT2D eigenvalue weighted by Gasteiger charge is 2.75. The molecule has 188 valence electrons. The van der Waals surface area contributed by atoms with Crippen molar-refractivity contribution in [1.29, 1.82) is 0 Å². The lowest BCUT2D eigenvalue weighted by molar-refractivity contribution is -0.290. The molecule has 1 aromatic carbocycles. The van der Waals surface area contributed by atoms with Crippen LogP contribution in [-0.2, 0) is 11.3 Å². The third-order valence-electron chi connectivity index (χ3n) is 5.69. The molecule has 1 amide bonds. The molecule has 1 heterocycles. The second-order valence-electron chi connectivity index (χ2n) is 9.07. The standard InChI is InChI=1S/C24H23F6N3O2/c1-21(2)12-17(32-14-15-6-4-3-5-7-15)19(18(34)13-21)22(23(25,26)27,24(28,29)30)33-20(35)16-8-10-31-11-9-16/h3-11,32H,12-14H2,1-2H3,(H,33,35). The molecule has 0 spiro atoms. The number of halogens is 6. The van der Waals surface area contributed by atoms with Crippen molar-refractivity contribution in [1.82, 2.24) is 15.6 Å². The van der Waals surface area contributed by atoms with E-state index >= 15 is 0 Å². The Bertz CT molecular complexity index is 1100. The zero-order valence-corrected chi connectivity index (χ0v) is 18.8. The lowest BCUT2D eigenvalue weighted by Gasteiger charge is -2.43. The van der Waals surface area contributed by atoms with Gasteiger partial charge < -0.3 is 10.6 Å². The molecule has 35 heavy (non-hydrogen) atoms. The van der Waals surface area contributed by atoms with Crippen LogP contribution in [0.5, 0.6) is 0 Å². The summed E-state index contributed by atoms with van der Waals surface area (Å²) in [6, 6.07) is 10.2. The Kier molecular flexibility index (Phi) is 7.01. The number of carbonyl (C=O) groups excluding carboxylic acids is 2. The van der Waals surface area contributed by atoms with Gasteiger partial charge in [0.25, 0.3) is 11.4 Å². The van der Waals surface area contributed by atoms with Gasteiger partial charge in [-0.05, 0) is 29.5 Å². The molecule has 0 fully saturated rings. The van der Waals surface area contributed by atoms with Crippen LogP contribution in [0, 0.1) is 5.41 Å². The van der Waals surface area contributed by atoms with E-state index in [0.29, 0.717) is 5.56 Å². The topological polar surface area (TPSA) is 71.1 Å². The molecule has 1 aliphatic carbocycles. The molecule has 1 aromatic heterocycles. The molecular weight excluding hydrogens is 476 g/mol. The van der Waals surface area contributed by atoms with Gasteiger partial charge >= 0.3 is 12.4 Å². The first-order valence-electron chi connectivity index (χ1n) is 10.6. The summed E-state index contributed by atoms with van der Waals surface area (Å²) in [4.78, 5) is 29.3. The molecule has 0 bridgehead atoms. The molecule has 0 saturated heterocycles. The molecule has 0 saturated carbocycles. The van der Waals surface area contributed by atoms with E-state index in [0.717, 1.165) is 29.8 Å². The van der Waals surface area contributed by atoms with Crippen molar-refractivity contribution >= 4 is 11.7 Å². The van der Waals surface area contributed by atoms with Gasteiger partial charge in [0.05, 0.1) is 5.57 Å². The number of allylic oxidation sites excluding steroid dienone is 1. The molecule has 5 nitrogen and oxygen atoms in total. The number of benzene rings is 1. The van der Waals surface area contributed by atoms with Gasteiger partial charge in [-0.15, -0.1) is 0 Å². The quantitative estimate of drug-likeness (QED) is 0.542. The summed E-state index contributed by atoms with van der Waals surface area (Å²) in [5.74, 6) is -2.99. The lowest BCUT2D eigenvalue weighted by atomic mass is 9.70. The van der Waals surface area contributed by atoms with Crippen LogP contribution in [0.4, 0.5) is 26.3 Å². The minimum Gasteiger partial charge on any atom is -0.384 e. The van der Waals surface area contributed by atoms with Crippen LogP contribution in [0.25, 0.3) is 0 Å². The van der Waals surface area contributed by atoms with Crippen molar-refractivity contribution in [3.05, 3.63) is 77.3 Å². The summed E-state index contributed by atoms with van der Waals surface area (Å²) in [7, 11) is 0. The third-order valence-corrected chi connectivity index (χ3v) is 5.69. The number of amides is 1. The van der Waals surface area contributed by atoms with Gasteiger partial charge in [0, 0.05) is 36.6 Å². The number of rotatable bonds is 6. The van der Waals surface area contributed by atoms with Crippen LogP contribution in [0.3, 0.4) is 0 Å². The van der Waals surface area contributed by atoms with E-state index in [1.165, 1.54) is 0 Å². The first kappa shape index (κ1) is 26.2. The van der Waals surface area contributed by atoms with Crippen molar-refractivity contribution in [2.24, 2.45) is 5.41 Å². The lowest BCUT2D eigenvalue weighted by Crippen LogP contribution is -2.70. The van der Waals surface area contributed by atoms with E-state index in [4.69, 9.17) is 0 Å². The summed E-state index contributed by atoms with van der Waals surface area (Å²) in [6.45, 7) is 3.03. The molecule has 0 aliphatic heterocycles. The maximum atomic E-state index is 14.5. The number of nitrogens with one attached hydrogen (secondary N) is 2. The predicted octanol–water partition coefficient (Wildman–Crippen LogP) is 5.11. The number of ketones is 1. The largest absolute Gasteiger partial charge is 0.425 e. The van der Waals surface area contributed by atoms with Crippen molar-refractivity contribution < 1.29 is 35.9 Å². The van der Waals surface area contributed by atoms with E-state index in [1.54, 1.807) is 44.2 Å². The number of alkyl halides is 6. The minimum absolute atomic E-state index is 0.118. The van der Waals surface area contributed by atoms with E-state index < -0.39 is 58.3 Å². The molecular formula is C24H23F6N3O2. The molecule has 1 aliphatic rings. The fourth-order valence-electron chi connectivity index (χ4n) is 4.11. The highest BCUT2D eigenvalue weighted by molar-refractivity contribution is 6.02. The Labute approximate surface area is 197 Å². The number of nitrogens with zero attached hydrogens (tertiary/aromatic N) is 1. The summed E-state index contributed by atoms with van der Waals surface area (Å²) < 4.78 is 86.8. The molecule has 11 heteroatoms. The van der Waals surface area contributed by atoms with Crippen LogP contribution < -0.4 is 10.6 Å². The Hall–Kier alpha value is -3.37. The van der Waals surface area contributed by atoms with Gasteiger partial charge in [-0.25, -0.2) is 0 Å². The zero-order valence-electron chi connectivity index (χ0n) is 18.8. The first-order valence-corrected chi connectivity index (χ1v) is 10.6. The second-order valence-corrected chi connectivity index (χ2v) is 9.07. The van der Waals surface area contributed by atoms with Gasteiger partial charge in [0.1, 0.15) is 0 Å². The Morgan fingerprint density at radius 3 is 2.06 bits per heavy atom. The van der Waals surface area contributed by atoms with Gasteiger partial charge in [0.15, 0.2) is 5.78 Å². The van der Waals surface area contributed by atoms with Gasteiger partial charge in [-0.2, -0.15) is 26.3 Å². The molecule has 3 rings (SSSR count). The fraction of sp³-hybridized carbons (Fsp3) is 0.375. The van der Waals surface area contributed by atoms with Crippen LogP contribution in [0.15, 0.2) is 66.1 Å². The van der Waals surface area contributed by atoms with Crippen molar-refractivity contribution in [2.45, 2.75) is 51.1 Å². The summed E-state index contributed by atoms with van der Waals surface area (Å²) in [5, 5.41) is 3.78. The first-order chi connectivity index (χ1) is 16.2. The van der Waals surface area contributed by atoms with Crippen LogP contribution in [0.1, 0.15) is 42.6 Å². The van der Waals surface area contributed by atoms with Crippen LogP contribution >= 0.6 is 0 Å². The average Bonchev–Trinajstić information content (AvgIpc) is 2.75. The summed E-state index contributed by atoms with van der Waals surface area (Å²) >= 11 is 0. The summed E-state index contributed by atoms with van der Waals surface area (Å²) in [6.07, 6.45) is -10.9. The van der Waals surface area contributed by atoms with E-state index in [1.807, 2.05) is 0 Å². The van der Waals surface area contributed by atoms with Crippen molar-refractivity contribution in [3.8, 4) is 0 Å². The Morgan fingerprint density at radius 2 is 1.51 bits per heavy atom. The number of aromatic nitrogens is 1. The Balaban J connectivity index is 2.22. The average molecular weight is 499 g/mol. The number of pyridine rings is 1. The molecule has 2 N–H and O–H groups in total. The third kappa shape index (κ3) is 5.33. The highest BCUT2D eigenvalue weighted by atomic mass is 19.4. The van der Waals surface area contributed by atoms with Crippen LogP contribution in [-0.4, -0.2) is 34.6 Å².